The summed E-state index contributed by atoms with van der Waals surface area (Å²) in [5.74, 6) is 0. The van der Waals surface area contributed by atoms with Gasteiger partial charge in [0.1, 0.15) is 0 Å². The summed E-state index contributed by atoms with van der Waals surface area (Å²) < 4.78 is 23.0. The largest absolute Gasteiger partial charge is 0.393 e. The minimum absolute atomic E-state index is 0.373. The molecule has 0 heterocycles. The molecule has 0 saturated heterocycles. The second kappa shape index (κ2) is 6.58. The van der Waals surface area contributed by atoms with Crippen molar-refractivity contribution in [3.63, 3.8) is 0 Å². The average Bonchev–Trinajstić information content (AvgIpc) is 2.39. The number of hydrogen-bond acceptors (Lipinski definition) is 4. The molecule has 19 heavy (non-hydrogen) atoms. The summed E-state index contributed by atoms with van der Waals surface area (Å²) in [6.45, 7) is 1.27. The fraction of sp³-hybridized carbons (Fsp3) is 0.286. The van der Waals surface area contributed by atoms with Crippen LogP contribution in [-0.2, 0) is 13.6 Å². The van der Waals surface area contributed by atoms with Crippen LogP contribution in [0.1, 0.15) is 13.8 Å². The molecule has 0 aliphatic rings. The van der Waals surface area contributed by atoms with Crippen molar-refractivity contribution in [3.05, 3.63) is 42.5 Å². The molecule has 0 aromatic heterocycles. The summed E-state index contributed by atoms with van der Waals surface area (Å²) in [4.78, 5) is 0.893. The lowest BCUT2D eigenvalue weighted by molar-refractivity contribution is 0.237. The van der Waals surface area contributed by atoms with E-state index in [1.54, 1.807) is 0 Å². The Balaban J connectivity index is 2.26. The Morgan fingerprint density at radius 1 is 1.00 bits per heavy atom. The van der Waals surface area contributed by atoms with Crippen LogP contribution < -0.4 is 0 Å². The second-order valence-corrected chi connectivity index (χ2v) is 7.84. The molecule has 0 radical (unpaired) electrons. The highest BCUT2D eigenvalue weighted by Gasteiger charge is 2.25. The Hall–Kier alpha value is -0.800. The summed E-state index contributed by atoms with van der Waals surface area (Å²) in [7, 11) is 0. The van der Waals surface area contributed by atoms with Crippen LogP contribution in [0.3, 0.4) is 0 Å². The first-order valence-electron chi connectivity index (χ1n) is 6.24. The Morgan fingerprint density at radius 3 is 2.26 bits per heavy atom. The summed E-state index contributed by atoms with van der Waals surface area (Å²) in [6.07, 6.45) is 0. The van der Waals surface area contributed by atoms with Gasteiger partial charge in [-0.1, -0.05) is 30.3 Å². The van der Waals surface area contributed by atoms with Gasteiger partial charge >= 0.3 is 6.80 Å². The van der Waals surface area contributed by atoms with Gasteiger partial charge in [-0.3, -0.25) is 0 Å². The minimum Gasteiger partial charge on any atom is -0.301 e. The van der Waals surface area contributed by atoms with Gasteiger partial charge in [-0.2, -0.15) is 0 Å². The molecule has 2 aromatic carbocycles. The summed E-state index contributed by atoms with van der Waals surface area (Å²) in [6, 6.07) is 14.0. The van der Waals surface area contributed by atoms with Crippen LogP contribution in [0.4, 0.5) is 0 Å². The molecular formula is C14H17O3PS. The molecule has 0 N–H and O–H groups in total. The third-order valence-corrected chi connectivity index (χ3v) is 6.29. The minimum atomic E-state index is -3.10. The quantitative estimate of drug-likeness (QED) is 0.694. The van der Waals surface area contributed by atoms with Crippen molar-refractivity contribution >= 4 is 29.0 Å². The van der Waals surface area contributed by atoms with Crippen molar-refractivity contribution in [1.82, 2.24) is 0 Å². The second-order valence-electron chi connectivity index (χ2n) is 3.88. The highest BCUT2D eigenvalue weighted by Crippen LogP contribution is 2.63. The van der Waals surface area contributed by atoms with E-state index in [1.807, 2.05) is 50.2 Å². The van der Waals surface area contributed by atoms with Crippen molar-refractivity contribution in [1.29, 1.82) is 0 Å². The van der Waals surface area contributed by atoms with Crippen LogP contribution in [0.25, 0.3) is 10.8 Å². The molecule has 2 aromatic rings. The zero-order chi connectivity index (χ0) is 13.7. The van der Waals surface area contributed by atoms with Crippen LogP contribution in [0.2, 0.25) is 0 Å². The number of benzene rings is 2. The zero-order valence-corrected chi connectivity index (χ0v) is 12.7. The molecule has 3 nitrogen and oxygen atoms in total. The number of hydrogen-bond donors (Lipinski definition) is 0. The van der Waals surface area contributed by atoms with Gasteiger partial charge in [0.15, 0.2) is 0 Å². The molecule has 0 bridgehead atoms. The van der Waals surface area contributed by atoms with E-state index in [-0.39, 0.29) is 0 Å². The first-order chi connectivity index (χ1) is 9.17. The van der Waals surface area contributed by atoms with Crippen molar-refractivity contribution in [3.8, 4) is 0 Å². The van der Waals surface area contributed by atoms with E-state index in [1.165, 1.54) is 11.4 Å². The van der Waals surface area contributed by atoms with Crippen molar-refractivity contribution in [2.24, 2.45) is 0 Å². The Morgan fingerprint density at radius 2 is 1.63 bits per heavy atom. The SMILES string of the molecule is CCOP(=O)(OCC)Sc1ccc2ccccc2c1. The standard InChI is InChI=1S/C14H17O3PS/c1-3-16-18(15,17-4-2)19-14-10-9-12-7-5-6-8-13(12)11-14/h5-11H,3-4H2,1-2H3. The van der Waals surface area contributed by atoms with E-state index in [9.17, 15) is 4.57 Å². The number of fused-ring (bicyclic) bond motifs is 1. The van der Waals surface area contributed by atoms with E-state index in [0.29, 0.717) is 13.2 Å². The van der Waals surface area contributed by atoms with E-state index < -0.39 is 6.80 Å². The molecule has 0 fully saturated rings. The fourth-order valence-corrected chi connectivity index (χ4v) is 5.20. The number of rotatable bonds is 6. The van der Waals surface area contributed by atoms with Crippen molar-refractivity contribution in [2.45, 2.75) is 18.7 Å². The van der Waals surface area contributed by atoms with Crippen LogP contribution in [0, 0.1) is 0 Å². The van der Waals surface area contributed by atoms with Gasteiger partial charge in [0.25, 0.3) is 0 Å². The van der Waals surface area contributed by atoms with Crippen LogP contribution >= 0.6 is 18.2 Å². The fourth-order valence-electron chi connectivity index (χ4n) is 1.76. The Kier molecular flexibility index (Phi) is 5.06. The van der Waals surface area contributed by atoms with Crippen LogP contribution in [0.15, 0.2) is 47.4 Å². The smallest absolute Gasteiger partial charge is 0.301 e. The first-order valence-corrected chi connectivity index (χ1v) is 9.21. The topological polar surface area (TPSA) is 35.5 Å². The maximum absolute atomic E-state index is 12.4. The molecule has 0 spiro atoms. The highest BCUT2D eigenvalue weighted by molar-refractivity contribution is 8.55. The first kappa shape index (κ1) is 14.6. The van der Waals surface area contributed by atoms with Gasteiger partial charge in [-0.05, 0) is 48.1 Å². The molecule has 2 rings (SSSR count). The van der Waals surface area contributed by atoms with Gasteiger partial charge in [0.2, 0.25) is 0 Å². The van der Waals surface area contributed by atoms with Crippen molar-refractivity contribution < 1.29 is 13.6 Å². The average molecular weight is 296 g/mol. The molecular weight excluding hydrogens is 279 g/mol. The lowest BCUT2D eigenvalue weighted by Crippen LogP contribution is -1.92. The third kappa shape index (κ3) is 3.83. The van der Waals surface area contributed by atoms with Crippen LogP contribution in [-0.4, -0.2) is 13.2 Å². The normalized spacial score (nSPS) is 11.9. The summed E-state index contributed by atoms with van der Waals surface area (Å²) in [5, 5.41) is 2.28. The lowest BCUT2D eigenvalue weighted by Gasteiger charge is -2.15. The summed E-state index contributed by atoms with van der Waals surface area (Å²) >= 11 is 1.17. The molecule has 0 aliphatic heterocycles. The molecule has 0 aliphatic carbocycles. The highest BCUT2D eigenvalue weighted by atomic mass is 32.7. The maximum atomic E-state index is 12.4. The zero-order valence-electron chi connectivity index (χ0n) is 11.0. The maximum Gasteiger partial charge on any atom is 0.393 e. The van der Waals surface area contributed by atoms with Gasteiger partial charge in [-0.15, -0.1) is 0 Å². The molecule has 102 valence electrons. The molecule has 5 heteroatoms. The summed E-state index contributed by atoms with van der Waals surface area (Å²) in [5.41, 5.74) is 0. The molecule has 0 saturated carbocycles. The predicted molar refractivity (Wildman–Crippen MR) is 80.7 cm³/mol. The molecule has 0 unspecified atom stereocenters. The van der Waals surface area contributed by atoms with E-state index in [4.69, 9.17) is 9.05 Å². The van der Waals surface area contributed by atoms with Gasteiger partial charge in [0, 0.05) is 4.90 Å². The van der Waals surface area contributed by atoms with E-state index in [0.717, 1.165) is 15.7 Å². The predicted octanol–water partition coefficient (Wildman–Crippen LogP) is 5.11. The van der Waals surface area contributed by atoms with Gasteiger partial charge in [-0.25, -0.2) is 4.57 Å². The van der Waals surface area contributed by atoms with Crippen molar-refractivity contribution in [2.75, 3.05) is 13.2 Å². The lowest BCUT2D eigenvalue weighted by atomic mass is 10.1. The van der Waals surface area contributed by atoms with E-state index in [2.05, 4.69) is 6.07 Å². The van der Waals surface area contributed by atoms with Gasteiger partial charge in [0.05, 0.1) is 13.2 Å². The van der Waals surface area contributed by atoms with Gasteiger partial charge < -0.3 is 9.05 Å². The molecule has 0 amide bonds. The van der Waals surface area contributed by atoms with E-state index >= 15 is 0 Å². The van der Waals surface area contributed by atoms with Crippen LogP contribution in [0.5, 0.6) is 0 Å². The Labute approximate surface area is 117 Å². The molecule has 0 atom stereocenters. The monoisotopic (exact) mass is 296 g/mol. The third-order valence-electron chi connectivity index (χ3n) is 2.51. The Bertz CT molecular complexity index is 590.